The Labute approximate surface area is 114 Å². The van der Waals surface area contributed by atoms with Crippen LogP contribution in [-0.4, -0.2) is 24.1 Å². The quantitative estimate of drug-likeness (QED) is 0.369. The van der Waals surface area contributed by atoms with Crippen molar-refractivity contribution < 1.29 is 19.2 Å². The Hall–Kier alpha value is -1.66. The average Bonchev–Trinajstić information content (AvgIpc) is 2.39. The third kappa shape index (κ3) is 3.42. The van der Waals surface area contributed by atoms with Gasteiger partial charge in [0.25, 0.3) is 5.69 Å². The van der Waals surface area contributed by atoms with E-state index in [2.05, 4.69) is 0 Å². The van der Waals surface area contributed by atoms with Crippen molar-refractivity contribution in [3.8, 4) is 5.75 Å². The summed E-state index contributed by atoms with van der Waals surface area (Å²) in [5, 5.41) is 10.5. The van der Waals surface area contributed by atoms with Gasteiger partial charge < -0.3 is 9.47 Å². The Kier molecular flexibility index (Phi) is 4.34. The number of hydrogen-bond acceptors (Lipinski definition) is 5. The van der Waals surface area contributed by atoms with Crippen molar-refractivity contribution in [3.63, 3.8) is 0 Å². The highest BCUT2D eigenvalue weighted by atomic mass is 35.5. The topological polar surface area (TPSA) is 78.7 Å². The lowest BCUT2D eigenvalue weighted by molar-refractivity contribution is -0.384. The summed E-state index contributed by atoms with van der Waals surface area (Å²) in [7, 11) is 0. The fourth-order valence-electron chi connectivity index (χ4n) is 1.83. The zero-order valence-electron chi connectivity index (χ0n) is 10.0. The Morgan fingerprint density at radius 1 is 1.42 bits per heavy atom. The first kappa shape index (κ1) is 13.8. The lowest BCUT2D eigenvalue weighted by atomic mass is 10.0. The molecule has 0 aliphatic carbocycles. The Bertz CT molecular complexity index is 499. The first-order valence-corrected chi connectivity index (χ1v) is 6.19. The molecule has 6 nitrogen and oxygen atoms in total. The van der Waals surface area contributed by atoms with Crippen molar-refractivity contribution in [2.24, 2.45) is 5.92 Å². The van der Waals surface area contributed by atoms with Crippen LogP contribution in [0.2, 0.25) is 5.02 Å². The fourth-order valence-corrected chi connectivity index (χ4v) is 2.07. The fraction of sp³-hybridized carbons (Fsp3) is 0.417. The van der Waals surface area contributed by atoms with Crippen molar-refractivity contribution in [1.82, 2.24) is 0 Å². The molecule has 7 heteroatoms. The monoisotopic (exact) mass is 285 g/mol. The number of carbonyl (C=O) groups excluding carboxylic acids is 1. The zero-order valence-corrected chi connectivity index (χ0v) is 10.8. The molecule has 0 amide bonds. The molecular weight excluding hydrogens is 274 g/mol. The number of benzene rings is 1. The minimum atomic E-state index is -0.591. The first-order chi connectivity index (χ1) is 9.08. The maximum atomic E-state index is 11.8. The zero-order chi connectivity index (χ0) is 13.8. The van der Waals surface area contributed by atoms with Gasteiger partial charge in [0.2, 0.25) is 0 Å². The van der Waals surface area contributed by atoms with Gasteiger partial charge in [0.05, 0.1) is 10.8 Å². The summed E-state index contributed by atoms with van der Waals surface area (Å²) < 4.78 is 10.3. The van der Waals surface area contributed by atoms with Crippen molar-refractivity contribution >= 4 is 23.3 Å². The van der Waals surface area contributed by atoms with Gasteiger partial charge in [0, 0.05) is 25.3 Å². The number of esters is 1. The second-order valence-electron chi connectivity index (χ2n) is 4.18. The molecule has 0 saturated carbocycles. The van der Waals surface area contributed by atoms with Gasteiger partial charge in [-0.25, -0.2) is 0 Å². The molecule has 1 aromatic carbocycles. The van der Waals surface area contributed by atoms with Crippen molar-refractivity contribution in [3.05, 3.63) is 33.3 Å². The third-order valence-corrected chi connectivity index (χ3v) is 3.19. The summed E-state index contributed by atoms with van der Waals surface area (Å²) in [5.41, 5.74) is -0.215. The number of nitrogens with zero attached hydrogens (tertiary/aromatic N) is 1. The smallest absolute Gasteiger partial charge is 0.314 e. The number of hydrogen-bond donors (Lipinski definition) is 0. The van der Waals surface area contributed by atoms with E-state index >= 15 is 0 Å². The summed E-state index contributed by atoms with van der Waals surface area (Å²) in [6.07, 6.45) is 1.25. The van der Waals surface area contributed by atoms with Crippen LogP contribution >= 0.6 is 11.6 Å². The van der Waals surface area contributed by atoms with E-state index in [1.807, 2.05) is 0 Å². The highest BCUT2D eigenvalue weighted by Gasteiger charge is 2.24. The minimum absolute atomic E-state index is 0.0534. The number of carbonyl (C=O) groups is 1. The molecule has 0 radical (unpaired) electrons. The van der Waals surface area contributed by atoms with Gasteiger partial charge in [-0.1, -0.05) is 11.6 Å². The molecule has 0 N–H and O–H groups in total. The maximum absolute atomic E-state index is 11.8. The number of rotatable bonds is 3. The van der Waals surface area contributed by atoms with Crippen LogP contribution < -0.4 is 4.74 Å². The molecule has 1 fully saturated rings. The molecule has 0 aromatic heterocycles. The summed E-state index contributed by atoms with van der Waals surface area (Å²) >= 11 is 5.74. The van der Waals surface area contributed by atoms with Crippen LogP contribution in [0.25, 0.3) is 0 Å². The van der Waals surface area contributed by atoms with Gasteiger partial charge in [-0.15, -0.1) is 0 Å². The molecule has 102 valence electrons. The van der Waals surface area contributed by atoms with Gasteiger partial charge in [-0.05, 0) is 18.9 Å². The van der Waals surface area contributed by atoms with Gasteiger partial charge in [-0.2, -0.15) is 0 Å². The van der Waals surface area contributed by atoms with Crippen LogP contribution in [-0.2, 0) is 9.53 Å². The number of halogens is 1. The number of nitro groups is 1. The summed E-state index contributed by atoms with van der Waals surface area (Å²) in [6, 6.07) is 3.85. The maximum Gasteiger partial charge on any atom is 0.314 e. The Balaban J connectivity index is 2.04. The highest BCUT2D eigenvalue weighted by Crippen LogP contribution is 2.29. The van der Waals surface area contributed by atoms with Crippen molar-refractivity contribution in [1.29, 1.82) is 0 Å². The van der Waals surface area contributed by atoms with Crippen LogP contribution in [0.15, 0.2) is 18.2 Å². The van der Waals surface area contributed by atoms with Crippen LogP contribution in [0.1, 0.15) is 12.8 Å². The van der Waals surface area contributed by atoms with Gasteiger partial charge in [0.15, 0.2) is 0 Å². The summed E-state index contributed by atoms with van der Waals surface area (Å²) in [4.78, 5) is 21.9. The molecule has 19 heavy (non-hydrogen) atoms. The van der Waals surface area contributed by atoms with E-state index in [9.17, 15) is 14.9 Å². The molecule has 2 rings (SSSR count). The van der Waals surface area contributed by atoms with E-state index in [4.69, 9.17) is 21.1 Å². The average molecular weight is 286 g/mol. The number of nitro benzene ring substituents is 1. The second kappa shape index (κ2) is 5.99. The van der Waals surface area contributed by atoms with E-state index in [0.717, 1.165) is 0 Å². The van der Waals surface area contributed by atoms with E-state index in [1.165, 1.54) is 18.2 Å². The molecule has 1 aromatic rings. The van der Waals surface area contributed by atoms with Crippen LogP contribution in [0.4, 0.5) is 5.69 Å². The lowest BCUT2D eigenvalue weighted by Gasteiger charge is -2.20. The van der Waals surface area contributed by atoms with Crippen molar-refractivity contribution in [2.45, 2.75) is 12.8 Å². The predicted molar refractivity (Wildman–Crippen MR) is 67.3 cm³/mol. The minimum Gasteiger partial charge on any atom is -0.426 e. The SMILES string of the molecule is O=C(Oc1ccc([N+](=O)[O-])c(Cl)c1)C1CCOCC1. The number of ether oxygens (including phenoxy) is 2. The van der Waals surface area contributed by atoms with Crippen LogP contribution in [0, 0.1) is 16.0 Å². The predicted octanol–water partition coefficient (Wildman–Crippen LogP) is 2.58. The Morgan fingerprint density at radius 2 is 2.11 bits per heavy atom. The van der Waals surface area contributed by atoms with Crippen molar-refractivity contribution in [2.75, 3.05) is 13.2 Å². The molecule has 1 heterocycles. The van der Waals surface area contributed by atoms with E-state index in [0.29, 0.717) is 26.1 Å². The van der Waals surface area contributed by atoms with Crippen LogP contribution in [0.5, 0.6) is 5.75 Å². The summed E-state index contributed by atoms with van der Waals surface area (Å²) in [5.74, 6) is -0.331. The molecule has 0 bridgehead atoms. The van der Waals surface area contributed by atoms with Gasteiger partial charge in [0.1, 0.15) is 10.8 Å². The normalized spacial score (nSPS) is 16.1. The molecule has 0 spiro atoms. The highest BCUT2D eigenvalue weighted by molar-refractivity contribution is 6.32. The van der Waals surface area contributed by atoms with Crippen LogP contribution in [0.3, 0.4) is 0 Å². The summed E-state index contributed by atoms with van der Waals surface area (Å²) in [6.45, 7) is 1.08. The lowest BCUT2D eigenvalue weighted by Crippen LogP contribution is -2.27. The largest absolute Gasteiger partial charge is 0.426 e. The van der Waals surface area contributed by atoms with E-state index in [1.54, 1.807) is 0 Å². The Morgan fingerprint density at radius 3 is 2.68 bits per heavy atom. The standard InChI is InChI=1S/C12H12ClNO5/c13-10-7-9(1-2-11(10)14(16)17)19-12(15)8-3-5-18-6-4-8/h1-2,7-8H,3-6H2. The third-order valence-electron chi connectivity index (χ3n) is 2.89. The first-order valence-electron chi connectivity index (χ1n) is 5.81. The molecule has 1 aliphatic heterocycles. The molecular formula is C12H12ClNO5. The second-order valence-corrected chi connectivity index (χ2v) is 4.59. The molecule has 0 atom stereocenters. The van der Waals surface area contributed by atoms with Gasteiger partial charge >= 0.3 is 5.97 Å². The van der Waals surface area contributed by atoms with E-state index < -0.39 is 4.92 Å². The molecule has 0 unspecified atom stereocenters. The molecule has 1 saturated heterocycles. The molecule has 1 aliphatic rings. The van der Waals surface area contributed by atoms with E-state index in [-0.39, 0.29) is 28.3 Å². The van der Waals surface area contributed by atoms with Gasteiger partial charge in [-0.3, -0.25) is 14.9 Å².